The molecule has 1 rings (SSSR count). The topological polar surface area (TPSA) is 12.0 Å². The number of hydrogen-bond acceptors (Lipinski definition) is 3. The summed E-state index contributed by atoms with van der Waals surface area (Å²) in [4.78, 5) is 0. The fourth-order valence-corrected chi connectivity index (χ4v) is 2.86. The van der Waals surface area contributed by atoms with Gasteiger partial charge in [0.25, 0.3) is 0 Å². The minimum atomic E-state index is 0.258. The lowest BCUT2D eigenvalue weighted by Gasteiger charge is -2.20. The summed E-state index contributed by atoms with van der Waals surface area (Å²) in [7, 11) is 0. The summed E-state index contributed by atoms with van der Waals surface area (Å²) in [6.07, 6.45) is 1.24. The molecule has 0 unspecified atom stereocenters. The first kappa shape index (κ1) is 12.1. The first-order valence-electron chi connectivity index (χ1n) is 4.99. The van der Waals surface area contributed by atoms with Crippen LogP contribution in [0.15, 0.2) is 21.7 Å². The summed E-state index contributed by atoms with van der Waals surface area (Å²) in [6, 6.07) is 4.30. The Morgan fingerprint density at radius 2 is 2.21 bits per heavy atom. The predicted molar refractivity (Wildman–Crippen MR) is 67.4 cm³/mol. The maximum absolute atomic E-state index is 3.49. The maximum atomic E-state index is 3.49. The Morgan fingerprint density at radius 3 is 2.79 bits per heavy atom. The molecule has 0 saturated carbocycles. The molecule has 0 atom stereocenters. The Kier molecular flexibility index (Phi) is 4.99. The van der Waals surface area contributed by atoms with Crippen LogP contribution >= 0.6 is 23.1 Å². The molecule has 1 aromatic heterocycles. The molecular weight excluding hydrogens is 210 g/mol. The van der Waals surface area contributed by atoms with Crippen LogP contribution in [0.2, 0.25) is 0 Å². The lowest BCUT2D eigenvalue weighted by molar-refractivity contribution is 0.427. The quantitative estimate of drug-likeness (QED) is 0.611. The van der Waals surface area contributed by atoms with E-state index in [2.05, 4.69) is 43.6 Å². The highest BCUT2D eigenvalue weighted by atomic mass is 32.2. The highest BCUT2D eigenvalue weighted by molar-refractivity contribution is 8.01. The van der Waals surface area contributed by atoms with E-state index in [1.165, 1.54) is 16.4 Å². The van der Waals surface area contributed by atoms with E-state index < -0.39 is 0 Å². The molecule has 14 heavy (non-hydrogen) atoms. The van der Waals surface area contributed by atoms with Gasteiger partial charge in [0.1, 0.15) is 0 Å². The van der Waals surface area contributed by atoms with E-state index in [1.807, 2.05) is 23.1 Å². The second kappa shape index (κ2) is 5.79. The molecule has 3 heteroatoms. The molecule has 0 fully saturated rings. The zero-order chi connectivity index (χ0) is 10.4. The first-order chi connectivity index (χ1) is 6.58. The highest BCUT2D eigenvalue weighted by Gasteiger charge is 2.06. The standard InChI is InChI=1S/C11H19NS2/c1-11(2,3)12-7-5-9-14-10-6-4-8-13-10/h4,6,8,12H,5,7,9H2,1-3H3. The number of hydrogen-bond donors (Lipinski definition) is 1. The zero-order valence-corrected chi connectivity index (χ0v) is 10.8. The minimum absolute atomic E-state index is 0.258. The monoisotopic (exact) mass is 229 g/mol. The maximum Gasteiger partial charge on any atom is 0.0598 e. The number of thiophene rings is 1. The second-order valence-electron chi connectivity index (χ2n) is 4.31. The van der Waals surface area contributed by atoms with Gasteiger partial charge in [-0.1, -0.05) is 6.07 Å². The molecule has 1 N–H and O–H groups in total. The first-order valence-corrected chi connectivity index (χ1v) is 6.86. The predicted octanol–water partition coefficient (Wildman–Crippen LogP) is 3.62. The van der Waals surface area contributed by atoms with Crippen LogP contribution in [0.1, 0.15) is 27.2 Å². The van der Waals surface area contributed by atoms with Crippen molar-refractivity contribution in [2.24, 2.45) is 0 Å². The Morgan fingerprint density at radius 1 is 1.43 bits per heavy atom. The van der Waals surface area contributed by atoms with Crippen LogP contribution in [0.4, 0.5) is 0 Å². The van der Waals surface area contributed by atoms with E-state index in [9.17, 15) is 0 Å². The van der Waals surface area contributed by atoms with Gasteiger partial charge in [-0.15, -0.1) is 23.1 Å². The van der Waals surface area contributed by atoms with Gasteiger partial charge in [0.2, 0.25) is 0 Å². The average molecular weight is 229 g/mol. The van der Waals surface area contributed by atoms with Crippen LogP contribution < -0.4 is 5.32 Å². The Bertz CT molecular complexity index is 236. The lowest BCUT2D eigenvalue weighted by Crippen LogP contribution is -2.36. The third kappa shape index (κ3) is 5.68. The van der Waals surface area contributed by atoms with Gasteiger partial charge in [-0.05, 0) is 50.9 Å². The molecule has 0 saturated heterocycles. The van der Waals surface area contributed by atoms with Gasteiger partial charge in [-0.25, -0.2) is 0 Å². The molecular formula is C11H19NS2. The summed E-state index contributed by atoms with van der Waals surface area (Å²) >= 11 is 3.79. The molecule has 1 aromatic rings. The minimum Gasteiger partial charge on any atom is -0.312 e. The van der Waals surface area contributed by atoms with Crippen molar-refractivity contribution in [1.29, 1.82) is 0 Å². The molecule has 0 spiro atoms. The van der Waals surface area contributed by atoms with Crippen LogP contribution in [-0.2, 0) is 0 Å². The number of rotatable bonds is 5. The van der Waals surface area contributed by atoms with Gasteiger partial charge >= 0.3 is 0 Å². The third-order valence-corrected chi connectivity index (χ3v) is 3.93. The van der Waals surface area contributed by atoms with Crippen molar-refractivity contribution >= 4 is 23.1 Å². The second-order valence-corrected chi connectivity index (χ2v) is 6.65. The van der Waals surface area contributed by atoms with Crippen LogP contribution in [0.3, 0.4) is 0 Å². The van der Waals surface area contributed by atoms with Crippen molar-refractivity contribution in [3.63, 3.8) is 0 Å². The number of thioether (sulfide) groups is 1. The van der Waals surface area contributed by atoms with Gasteiger partial charge < -0.3 is 5.32 Å². The molecule has 1 heterocycles. The smallest absolute Gasteiger partial charge is 0.0598 e. The summed E-state index contributed by atoms with van der Waals surface area (Å²) in [5.74, 6) is 1.21. The van der Waals surface area contributed by atoms with Crippen LogP contribution in [0.5, 0.6) is 0 Å². The van der Waals surface area contributed by atoms with Crippen molar-refractivity contribution in [2.45, 2.75) is 36.9 Å². The fourth-order valence-electron chi connectivity index (χ4n) is 1.05. The fraction of sp³-hybridized carbons (Fsp3) is 0.636. The van der Waals surface area contributed by atoms with E-state index in [1.54, 1.807) is 0 Å². The van der Waals surface area contributed by atoms with E-state index in [-0.39, 0.29) is 5.54 Å². The molecule has 1 nitrogen and oxygen atoms in total. The van der Waals surface area contributed by atoms with Gasteiger partial charge in [0.15, 0.2) is 0 Å². The van der Waals surface area contributed by atoms with Gasteiger partial charge in [0, 0.05) is 5.54 Å². The van der Waals surface area contributed by atoms with E-state index in [4.69, 9.17) is 0 Å². The molecule has 0 radical (unpaired) electrons. The van der Waals surface area contributed by atoms with Crippen LogP contribution in [-0.4, -0.2) is 17.8 Å². The number of nitrogens with one attached hydrogen (secondary N) is 1. The van der Waals surface area contributed by atoms with Crippen molar-refractivity contribution in [3.8, 4) is 0 Å². The SMILES string of the molecule is CC(C)(C)NCCCSc1cccs1. The molecule has 0 aromatic carbocycles. The van der Waals surface area contributed by atoms with Crippen molar-refractivity contribution in [3.05, 3.63) is 17.5 Å². The van der Waals surface area contributed by atoms with Crippen LogP contribution in [0.25, 0.3) is 0 Å². The Labute approximate surface area is 95.3 Å². The van der Waals surface area contributed by atoms with Crippen LogP contribution in [0, 0.1) is 0 Å². The Balaban J connectivity index is 2.00. The summed E-state index contributed by atoms with van der Waals surface area (Å²) in [5, 5.41) is 5.63. The van der Waals surface area contributed by atoms with Gasteiger partial charge in [-0.3, -0.25) is 0 Å². The van der Waals surface area contributed by atoms with E-state index >= 15 is 0 Å². The van der Waals surface area contributed by atoms with Gasteiger partial charge in [0.05, 0.1) is 4.21 Å². The lowest BCUT2D eigenvalue weighted by atomic mass is 10.1. The van der Waals surface area contributed by atoms with Crippen molar-refractivity contribution < 1.29 is 0 Å². The molecule has 80 valence electrons. The zero-order valence-electron chi connectivity index (χ0n) is 9.17. The largest absolute Gasteiger partial charge is 0.312 e. The average Bonchev–Trinajstić information content (AvgIpc) is 2.54. The summed E-state index contributed by atoms with van der Waals surface area (Å²) in [6.45, 7) is 7.74. The van der Waals surface area contributed by atoms with E-state index in [0.717, 1.165) is 6.54 Å². The summed E-state index contributed by atoms with van der Waals surface area (Å²) in [5.41, 5.74) is 0.258. The van der Waals surface area contributed by atoms with Crippen molar-refractivity contribution in [2.75, 3.05) is 12.3 Å². The Hall–Kier alpha value is 0.01000. The molecule has 0 bridgehead atoms. The van der Waals surface area contributed by atoms with E-state index in [0.29, 0.717) is 0 Å². The molecule has 0 aliphatic heterocycles. The van der Waals surface area contributed by atoms with Gasteiger partial charge in [-0.2, -0.15) is 0 Å². The summed E-state index contributed by atoms with van der Waals surface area (Å²) < 4.78 is 1.43. The normalized spacial score (nSPS) is 11.9. The van der Waals surface area contributed by atoms with Crippen molar-refractivity contribution in [1.82, 2.24) is 5.32 Å². The molecule has 0 aliphatic carbocycles. The third-order valence-electron chi connectivity index (χ3n) is 1.72. The molecule has 0 aliphatic rings. The molecule has 0 amide bonds. The highest BCUT2D eigenvalue weighted by Crippen LogP contribution is 2.23.